The third-order valence-electron chi connectivity index (χ3n) is 4.81. The first kappa shape index (κ1) is 17.3. The van der Waals surface area contributed by atoms with Gasteiger partial charge in [0.1, 0.15) is 5.01 Å². The molecule has 28 heavy (non-hydrogen) atoms. The molecule has 4 aromatic heterocycles. The summed E-state index contributed by atoms with van der Waals surface area (Å²) in [5, 5.41) is 21.2. The number of benzene rings is 1. The van der Waals surface area contributed by atoms with Crippen molar-refractivity contribution in [2.24, 2.45) is 0 Å². The summed E-state index contributed by atoms with van der Waals surface area (Å²) >= 11 is 3.26. The van der Waals surface area contributed by atoms with Gasteiger partial charge in [-0.15, -0.1) is 21.5 Å². The van der Waals surface area contributed by atoms with Crippen LogP contribution in [0.5, 0.6) is 0 Å². The predicted octanol–water partition coefficient (Wildman–Crippen LogP) is 4.50. The highest BCUT2D eigenvalue weighted by Gasteiger charge is 2.16. The molecule has 0 unspecified atom stereocenters. The van der Waals surface area contributed by atoms with Gasteiger partial charge in [-0.3, -0.25) is 0 Å². The van der Waals surface area contributed by atoms with Crippen molar-refractivity contribution in [3.05, 3.63) is 69.8 Å². The molecule has 0 atom stereocenters. The summed E-state index contributed by atoms with van der Waals surface area (Å²) in [7, 11) is 0. The van der Waals surface area contributed by atoms with Crippen molar-refractivity contribution in [3.8, 4) is 16.4 Å². The zero-order chi connectivity index (χ0) is 19.1. The van der Waals surface area contributed by atoms with Crippen molar-refractivity contribution in [3.63, 3.8) is 0 Å². The summed E-state index contributed by atoms with van der Waals surface area (Å²) in [5.41, 5.74) is 4.64. The Morgan fingerprint density at radius 3 is 2.57 bits per heavy atom. The number of nitrogens with zero attached hydrogens (tertiary/aromatic N) is 6. The molecule has 0 saturated heterocycles. The Morgan fingerprint density at radius 2 is 1.79 bits per heavy atom. The zero-order valence-electron chi connectivity index (χ0n) is 15.5. The zero-order valence-corrected chi connectivity index (χ0v) is 17.2. The van der Waals surface area contributed by atoms with Crippen molar-refractivity contribution in [2.75, 3.05) is 0 Å². The third kappa shape index (κ3) is 2.94. The van der Waals surface area contributed by atoms with Crippen LogP contribution in [0.3, 0.4) is 0 Å². The fraction of sp³-hybridized carbons (Fsp3) is 0.200. The lowest BCUT2D eigenvalue weighted by molar-refractivity contribution is 0.829. The van der Waals surface area contributed by atoms with Gasteiger partial charge in [-0.25, -0.2) is 4.68 Å². The van der Waals surface area contributed by atoms with Crippen LogP contribution in [0.2, 0.25) is 0 Å². The van der Waals surface area contributed by atoms with Crippen LogP contribution in [0.1, 0.15) is 22.0 Å². The van der Waals surface area contributed by atoms with E-state index in [1.165, 1.54) is 11.3 Å². The lowest BCUT2D eigenvalue weighted by atomic mass is 10.1. The van der Waals surface area contributed by atoms with E-state index in [0.717, 1.165) is 44.9 Å². The van der Waals surface area contributed by atoms with Crippen LogP contribution in [0, 0.1) is 13.8 Å². The van der Waals surface area contributed by atoms with Crippen molar-refractivity contribution in [1.29, 1.82) is 0 Å². The lowest BCUT2D eigenvalue weighted by Crippen LogP contribution is -2.00. The topological polar surface area (TPSA) is 60.9 Å². The van der Waals surface area contributed by atoms with Gasteiger partial charge in [0.05, 0.1) is 16.3 Å². The number of fused-ring (bicyclic) bond motifs is 1. The highest BCUT2D eigenvalue weighted by molar-refractivity contribution is 7.16. The summed E-state index contributed by atoms with van der Waals surface area (Å²) in [5.74, 6) is 0.816. The molecule has 0 fully saturated rings. The molecule has 0 aliphatic rings. The quantitative estimate of drug-likeness (QED) is 0.431. The van der Waals surface area contributed by atoms with Gasteiger partial charge in [0.15, 0.2) is 5.82 Å². The molecule has 0 aliphatic carbocycles. The molecular weight excluding hydrogens is 388 g/mol. The van der Waals surface area contributed by atoms with Crippen LogP contribution in [0.15, 0.2) is 47.8 Å². The Labute approximate surface area is 170 Å². The maximum absolute atomic E-state index is 4.76. The number of hydrogen-bond donors (Lipinski definition) is 0. The van der Waals surface area contributed by atoms with E-state index < -0.39 is 0 Å². The average Bonchev–Trinajstić information content (AvgIpc) is 3.46. The first-order chi connectivity index (χ1) is 13.7. The standard InChI is InChI=1S/C20H18N6S2/c1-13-16(14(2)25(23-13)15-7-4-3-5-8-15)10-11-18-24-26-19(17-9-6-12-27-17)21-22-20(26)28-18/h3-9,12H,10-11H2,1-2H3. The van der Waals surface area contributed by atoms with E-state index >= 15 is 0 Å². The van der Waals surface area contributed by atoms with Gasteiger partial charge in [0.2, 0.25) is 4.96 Å². The fourth-order valence-corrected chi connectivity index (χ4v) is 4.93. The van der Waals surface area contributed by atoms with E-state index in [1.807, 2.05) is 44.9 Å². The van der Waals surface area contributed by atoms with Crippen LogP contribution < -0.4 is 0 Å². The van der Waals surface area contributed by atoms with Crippen molar-refractivity contribution < 1.29 is 0 Å². The Kier molecular flexibility index (Phi) is 4.29. The molecule has 0 amide bonds. The van der Waals surface area contributed by atoms with E-state index in [-0.39, 0.29) is 0 Å². The molecule has 140 valence electrons. The predicted molar refractivity (Wildman–Crippen MR) is 112 cm³/mol. The van der Waals surface area contributed by atoms with Crippen LogP contribution >= 0.6 is 22.7 Å². The normalized spacial score (nSPS) is 11.5. The minimum atomic E-state index is 0.816. The van der Waals surface area contributed by atoms with Gasteiger partial charge in [-0.05, 0) is 49.4 Å². The number of aryl methyl sites for hydroxylation is 2. The second-order valence-corrected chi connectivity index (χ2v) is 8.58. The van der Waals surface area contributed by atoms with Gasteiger partial charge < -0.3 is 0 Å². The molecule has 0 aliphatic heterocycles. The molecule has 6 nitrogen and oxygen atoms in total. The molecule has 1 aromatic carbocycles. The minimum Gasteiger partial charge on any atom is -0.238 e. The molecule has 0 radical (unpaired) electrons. The second kappa shape index (κ2) is 6.96. The fourth-order valence-electron chi connectivity index (χ4n) is 3.41. The molecule has 4 heterocycles. The monoisotopic (exact) mass is 406 g/mol. The summed E-state index contributed by atoms with van der Waals surface area (Å²) in [6.07, 6.45) is 1.77. The molecular formula is C20H18N6S2. The number of para-hydroxylation sites is 1. The van der Waals surface area contributed by atoms with Crippen LogP contribution in [0.25, 0.3) is 21.3 Å². The maximum Gasteiger partial charge on any atom is 0.234 e. The molecule has 5 rings (SSSR count). The van der Waals surface area contributed by atoms with E-state index in [4.69, 9.17) is 10.2 Å². The van der Waals surface area contributed by atoms with E-state index in [9.17, 15) is 0 Å². The highest BCUT2D eigenvalue weighted by Crippen LogP contribution is 2.26. The molecule has 0 bridgehead atoms. The average molecular weight is 407 g/mol. The third-order valence-corrected chi connectivity index (χ3v) is 6.63. The molecule has 8 heteroatoms. The van der Waals surface area contributed by atoms with Crippen LogP contribution in [0.4, 0.5) is 0 Å². The van der Waals surface area contributed by atoms with Crippen molar-refractivity contribution in [2.45, 2.75) is 26.7 Å². The van der Waals surface area contributed by atoms with Crippen molar-refractivity contribution in [1.82, 2.24) is 29.6 Å². The first-order valence-electron chi connectivity index (χ1n) is 9.06. The molecule has 0 saturated carbocycles. The number of thiophene rings is 1. The van der Waals surface area contributed by atoms with Crippen molar-refractivity contribution >= 4 is 27.6 Å². The summed E-state index contributed by atoms with van der Waals surface area (Å²) in [6, 6.07) is 14.3. The number of hydrogen-bond acceptors (Lipinski definition) is 6. The Morgan fingerprint density at radius 1 is 0.929 bits per heavy atom. The second-order valence-electron chi connectivity index (χ2n) is 6.59. The summed E-state index contributed by atoms with van der Waals surface area (Å²) < 4.78 is 3.89. The van der Waals surface area contributed by atoms with E-state index in [0.29, 0.717) is 0 Å². The van der Waals surface area contributed by atoms with Crippen LogP contribution in [-0.4, -0.2) is 29.6 Å². The molecule has 0 N–H and O–H groups in total. The Balaban J connectivity index is 1.40. The summed E-state index contributed by atoms with van der Waals surface area (Å²) in [4.78, 5) is 1.92. The largest absolute Gasteiger partial charge is 0.238 e. The SMILES string of the molecule is Cc1nn(-c2ccccc2)c(C)c1CCc1nn2c(-c3cccs3)nnc2s1. The number of rotatable bonds is 5. The van der Waals surface area contributed by atoms with Gasteiger partial charge in [-0.1, -0.05) is 35.6 Å². The smallest absolute Gasteiger partial charge is 0.234 e. The van der Waals surface area contributed by atoms with Gasteiger partial charge in [0, 0.05) is 12.1 Å². The lowest BCUT2D eigenvalue weighted by Gasteiger charge is -2.04. The Hall–Kier alpha value is -2.84. The molecule has 5 aromatic rings. The highest BCUT2D eigenvalue weighted by atomic mass is 32.1. The Bertz CT molecular complexity index is 1230. The maximum atomic E-state index is 4.76. The van der Waals surface area contributed by atoms with Gasteiger partial charge >= 0.3 is 0 Å². The van der Waals surface area contributed by atoms with E-state index in [1.54, 1.807) is 22.7 Å². The first-order valence-corrected chi connectivity index (χ1v) is 10.8. The van der Waals surface area contributed by atoms with Gasteiger partial charge in [-0.2, -0.15) is 14.7 Å². The van der Waals surface area contributed by atoms with Crippen LogP contribution in [-0.2, 0) is 12.8 Å². The summed E-state index contributed by atoms with van der Waals surface area (Å²) in [6.45, 7) is 4.21. The molecule has 0 spiro atoms. The number of aromatic nitrogens is 6. The minimum absolute atomic E-state index is 0.816. The van der Waals surface area contributed by atoms with E-state index in [2.05, 4.69) is 36.2 Å². The van der Waals surface area contributed by atoms with Gasteiger partial charge in [0.25, 0.3) is 0 Å².